The molecule has 3 aromatic rings. The highest BCUT2D eigenvalue weighted by Crippen LogP contribution is 2.39. The van der Waals surface area contributed by atoms with Crippen LogP contribution in [0.2, 0.25) is 10.0 Å². The second-order valence-electron chi connectivity index (χ2n) is 10.3. The predicted molar refractivity (Wildman–Crippen MR) is 162 cm³/mol. The van der Waals surface area contributed by atoms with E-state index < -0.39 is 34.1 Å². The maximum absolute atomic E-state index is 13.7. The Kier molecular flexibility index (Phi) is 10.5. The van der Waals surface area contributed by atoms with Crippen molar-refractivity contribution in [2.75, 3.05) is 26.0 Å². The van der Waals surface area contributed by atoms with Gasteiger partial charge in [-0.25, -0.2) is 13.2 Å². The number of esters is 1. The van der Waals surface area contributed by atoms with E-state index in [1.807, 2.05) is 0 Å². The molecule has 0 spiro atoms. The molecule has 45 heavy (non-hydrogen) atoms. The largest absolute Gasteiger partial charge is 0.619 e. The second-order valence-corrected chi connectivity index (χ2v) is 14.2. The third-order valence-electron chi connectivity index (χ3n) is 7.15. The van der Waals surface area contributed by atoms with Crippen molar-refractivity contribution in [3.8, 4) is 17.2 Å². The number of aromatic nitrogens is 1. The minimum absolute atomic E-state index is 0.000334. The summed E-state index contributed by atoms with van der Waals surface area (Å²) < 4.78 is 76.3. The number of hydrogen-bond donors (Lipinski definition) is 0. The quantitative estimate of drug-likeness (QED) is 0.127. The SMILES string of the molecule is COc1ccc(S(=O)(=O)N2CCSC2C(=O)OC(Cc2c(Cl)c[n+]([O-])cc2Cl)c2ccc(OC(F)F)c(OCC3CC3)c2)cc1. The summed E-state index contributed by atoms with van der Waals surface area (Å²) in [4.78, 5) is 13.7. The van der Waals surface area contributed by atoms with Crippen LogP contribution in [0, 0.1) is 11.1 Å². The zero-order valence-corrected chi connectivity index (χ0v) is 26.9. The smallest absolute Gasteiger partial charge is 0.387 e. The number of nitrogens with zero attached hydrogens (tertiary/aromatic N) is 2. The minimum atomic E-state index is -4.10. The van der Waals surface area contributed by atoms with Crippen LogP contribution in [-0.2, 0) is 26.0 Å². The summed E-state index contributed by atoms with van der Waals surface area (Å²) in [6.07, 6.45) is 2.79. The normalized spacial score (nSPS) is 17.7. The monoisotopic (exact) mass is 704 g/mol. The number of sulfonamides is 1. The van der Waals surface area contributed by atoms with Crippen molar-refractivity contribution in [3.05, 3.63) is 81.2 Å². The molecule has 0 bridgehead atoms. The molecule has 2 unspecified atom stereocenters. The molecular formula is C29H28Cl2F2N2O8S2. The van der Waals surface area contributed by atoms with Crippen molar-refractivity contribution in [1.82, 2.24) is 4.31 Å². The maximum Gasteiger partial charge on any atom is 0.387 e. The van der Waals surface area contributed by atoms with Crippen LogP contribution in [0.5, 0.6) is 17.2 Å². The van der Waals surface area contributed by atoms with Gasteiger partial charge >= 0.3 is 12.6 Å². The number of benzene rings is 2. The first-order valence-electron chi connectivity index (χ1n) is 13.7. The molecule has 0 amide bonds. The van der Waals surface area contributed by atoms with E-state index in [-0.39, 0.29) is 51.6 Å². The zero-order valence-electron chi connectivity index (χ0n) is 23.7. The summed E-state index contributed by atoms with van der Waals surface area (Å²) in [5, 5.41) is 10.6. The second kappa shape index (κ2) is 14.2. The number of carbonyl (C=O) groups is 1. The molecule has 2 aromatic carbocycles. The van der Waals surface area contributed by atoms with Gasteiger partial charge in [-0.2, -0.15) is 17.8 Å². The van der Waals surface area contributed by atoms with Gasteiger partial charge < -0.3 is 24.2 Å². The van der Waals surface area contributed by atoms with Crippen molar-refractivity contribution in [1.29, 1.82) is 0 Å². The van der Waals surface area contributed by atoms with E-state index in [1.54, 1.807) is 0 Å². The van der Waals surface area contributed by atoms with E-state index in [9.17, 15) is 27.2 Å². The van der Waals surface area contributed by atoms with E-state index in [1.165, 1.54) is 49.6 Å². The molecule has 0 radical (unpaired) electrons. The number of carbonyl (C=O) groups excluding carboxylic acids is 1. The van der Waals surface area contributed by atoms with E-state index in [0.717, 1.165) is 41.3 Å². The highest BCUT2D eigenvalue weighted by Gasteiger charge is 2.42. The first kappa shape index (κ1) is 33.3. The highest BCUT2D eigenvalue weighted by atomic mass is 35.5. The summed E-state index contributed by atoms with van der Waals surface area (Å²) in [7, 11) is -2.64. The van der Waals surface area contributed by atoms with Gasteiger partial charge in [0.15, 0.2) is 29.3 Å². The summed E-state index contributed by atoms with van der Waals surface area (Å²) in [6, 6.07) is 9.89. The summed E-state index contributed by atoms with van der Waals surface area (Å²) in [6.45, 7) is -2.77. The first-order valence-corrected chi connectivity index (χ1v) is 17.0. The van der Waals surface area contributed by atoms with Crippen LogP contribution >= 0.6 is 35.0 Å². The predicted octanol–water partition coefficient (Wildman–Crippen LogP) is 5.62. The molecule has 2 fully saturated rings. The van der Waals surface area contributed by atoms with E-state index in [0.29, 0.717) is 27.7 Å². The Morgan fingerprint density at radius 3 is 2.42 bits per heavy atom. The van der Waals surface area contributed by atoms with Crippen molar-refractivity contribution < 1.29 is 45.7 Å². The maximum atomic E-state index is 13.7. The average molecular weight is 706 g/mol. The zero-order chi connectivity index (χ0) is 32.3. The molecule has 0 N–H and O–H groups in total. The van der Waals surface area contributed by atoms with Gasteiger partial charge in [0.05, 0.1) is 18.6 Å². The summed E-state index contributed by atoms with van der Waals surface area (Å²) >= 11 is 13.8. The summed E-state index contributed by atoms with van der Waals surface area (Å²) in [5.41, 5.74) is 0.590. The number of thioether (sulfide) groups is 1. The van der Waals surface area contributed by atoms with Crippen LogP contribution in [0.3, 0.4) is 0 Å². The Morgan fingerprint density at radius 1 is 1.11 bits per heavy atom. The van der Waals surface area contributed by atoms with Gasteiger partial charge in [0.25, 0.3) is 0 Å². The fraction of sp³-hybridized carbons (Fsp3) is 0.379. The Labute approximate surface area is 272 Å². The number of methoxy groups -OCH3 is 1. The van der Waals surface area contributed by atoms with Crippen molar-refractivity contribution in [2.24, 2.45) is 5.92 Å². The molecular weight excluding hydrogens is 677 g/mol. The van der Waals surface area contributed by atoms with Crippen molar-refractivity contribution in [2.45, 2.75) is 42.2 Å². The third-order valence-corrected chi connectivity index (χ3v) is 11.0. The van der Waals surface area contributed by atoms with Crippen LogP contribution in [0.15, 0.2) is 59.8 Å². The van der Waals surface area contributed by atoms with Crippen LogP contribution in [0.1, 0.15) is 30.1 Å². The Bertz CT molecular complexity index is 1620. The molecule has 1 saturated heterocycles. The lowest BCUT2D eigenvalue weighted by atomic mass is 10.0. The third kappa shape index (κ3) is 8.04. The van der Waals surface area contributed by atoms with Gasteiger partial charge in [-0.05, 0) is 60.7 Å². The summed E-state index contributed by atoms with van der Waals surface area (Å²) in [5.74, 6) is 0.0386. The van der Waals surface area contributed by atoms with Crippen LogP contribution in [0.4, 0.5) is 8.78 Å². The fourth-order valence-corrected chi connectivity index (χ4v) is 8.28. The molecule has 1 aromatic heterocycles. The van der Waals surface area contributed by atoms with Crippen LogP contribution in [0.25, 0.3) is 0 Å². The molecule has 10 nitrogen and oxygen atoms in total. The number of alkyl halides is 2. The van der Waals surface area contributed by atoms with E-state index in [4.69, 9.17) is 37.4 Å². The number of rotatable bonds is 13. The van der Waals surface area contributed by atoms with Gasteiger partial charge in [0, 0.05) is 24.3 Å². The molecule has 1 saturated carbocycles. The lowest BCUT2D eigenvalue weighted by molar-refractivity contribution is -0.605. The number of hydrogen-bond acceptors (Lipinski definition) is 9. The number of halogens is 4. The van der Waals surface area contributed by atoms with Crippen molar-refractivity contribution >= 4 is 51.0 Å². The number of pyridine rings is 1. The van der Waals surface area contributed by atoms with Crippen LogP contribution in [-0.4, -0.2) is 56.7 Å². The standard InChI is InChI=1S/C29H28Cl2F2N2O8S2/c1-40-19-5-7-20(8-6-19)45(38,39)35-10-11-44-27(35)28(36)42-25(13-21-22(30)14-34(37)15-23(21)31)18-4-9-24(43-29(32)33)26(12-18)41-16-17-2-3-17/h4-9,12,14-15,17,25,27,29H,2-3,10-11,13,16H2,1H3. The lowest BCUT2D eigenvalue weighted by Gasteiger charge is -2.26. The average Bonchev–Trinajstić information content (AvgIpc) is 3.69. The minimum Gasteiger partial charge on any atom is -0.619 e. The lowest BCUT2D eigenvalue weighted by Crippen LogP contribution is -2.40. The van der Waals surface area contributed by atoms with Crippen LogP contribution < -0.4 is 18.9 Å². The molecule has 1 aliphatic heterocycles. The van der Waals surface area contributed by atoms with Gasteiger partial charge in [-0.15, -0.1) is 11.8 Å². The van der Waals surface area contributed by atoms with Gasteiger partial charge in [0.1, 0.15) is 21.9 Å². The molecule has 2 heterocycles. The molecule has 1 aliphatic carbocycles. The first-order chi connectivity index (χ1) is 21.5. The molecule has 2 aliphatic rings. The van der Waals surface area contributed by atoms with Gasteiger partial charge in [-0.3, -0.25) is 0 Å². The van der Waals surface area contributed by atoms with E-state index in [2.05, 4.69) is 4.74 Å². The van der Waals surface area contributed by atoms with Crippen molar-refractivity contribution in [3.63, 3.8) is 0 Å². The Morgan fingerprint density at radius 2 is 1.80 bits per heavy atom. The molecule has 16 heteroatoms. The number of ether oxygens (including phenoxy) is 4. The molecule has 2 atom stereocenters. The Balaban J connectivity index is 1.46. The van der Waals surface area contributed by atoms with Gasteiger partial charge in [-0.1, -0.05) is 29.3 Å². The topological polar surface area (TPSA) is 118 Å². The highest BCUT2D eigenvalue weighted by molar-refractivity contribution is 8.02. The van der Waals surface area contributed by atoms with E-state index >= 15 is 0 Å². The molecule has 5 rings (SSSR count). The van der Waals surface area contributed by atoms with Gasteiger partial charge in [0.2, 0.25) is 10.0 Å². The Hall–Kier alpha value is -3.04. The molecule has 242 valence electrons. The fourth-order valence-electron chi connectivity index (χ4n) is 4.63.